The minimum Gasteiger partial charge on any atom is 0 e. The van der Waals surface area contributed by atoms with Crippen LogP contribution < -0.4 is 0 Å². The summed E-state index contributed by atoms with van der Waals surface area (Å²) in [7, 11) is 1.41. The monoisotopic (exact) mass is 436 g/mol. The molecular weight excluding hydrogens is 400 g/mol. The van der Waals surface area contributed by atoms with Crippen molar-refractivity contribution in [3.63, 3.8) is 0 Å². The largest absolute Gasteiger partial charge is 0 e. The van der Waals surface area contributed by atoms with Crippen LogP contribution >= 0.6 is 0 Å². The molecule has 0 aromatic heterocycles. The first kappa shape index (κ1) is 37.7. The number of ether oxygens (including phenoxy) is 1. The summed E-state index contributed by atoms with van der Waals surface area (Å²) in [4.78, 5) is 10.8. The van der Waals surface area contributed by atoms with E-state index in [1.54, 1.807) is 0 Å². The van der Waals surface area contributed by atoms with Crippen LogP contribution in [-0.4, -0.2) is 13.1 Å². The Balaban J connectivity index is -0.000000228. The van der Waals surface area contributed by atoms with Crippen molar-refractivity contribution in [1.82, 2.24) is 0 Å². The maximum Gasteiger partial charge on any atom is 0 e. The molecular formula is C22H36FeO5. The van der Waals surface area contributed by atoms with Gasteiger partial charge in [-0.3, -0.25) is 0 Å². The number of methoxy groups -OCH3 is 1. The number of hydrogen-bond acceptors (Lipinski definition) is 2. The van der Waals surface area contributed by atoms with Crippen molar-refractivity contribution < 1.29 is 40.6 Å². The van der Waals surface area contributed by atoms with Gasteiger partial charge in [0, 0.05) is 23.1 Å². The average Bonchev–Trinajstić information content (AvgIpc) is 2.75. The van der Waals surface area contributed by atoms with Crippen LogP contribution in [0.1, 0.15) is 96.8 Å². The molecule has 162 valence electrons. The van der Waals surface area contributed by atoms with E-state index in [1.165, 1.54) is 96.7 Å². The third-order valence-electron chi connectivity index (χ3n) is 3.93. The summed E-state index contributed by atoms with van der Waals surface area (Å²) in [6.45, 7) is 15.8. The van der Waals surface area contributed by atoms with Crippen molar-refractivity contribution in [2.24, 2.45) is 0 Å². The number of hydrogen-bond donors (Lipinski definition) is 0. The molecule has 6 heteroatoms. The maximum atomic E-state index is 10.8. The second kappa shape index (κ2) is 45.0. The number of allylic oxidation sites excluding steroid dienone is 1. The minimum atomic E-state index is -0.246. The number of rotatable bonds is 15. The van der Waals surface area contributed by atoms with Gasteiger partial charge in [-0.2, -0.15) is 0 Å². The van der Waals surface area contributed by atoms with Crippen LogP contribution in [0.25, 0.3) is 0 Å². The zero-order valence-electron chi connectivity index (χ0n) is 17.4. The Hall–Kier alpha value is -1.05. The first-order chi connectivity index (χ1) is 13.3. The summed E-state index contributed by atoms with van der Waals surface area (Å²) < 4.78 is 27.0. The van der Waals surface area contributed by atoms with E-state index in [0.29, 0.717) is 0 Å². The van der Waals surface area contributed by atoms with Crippen molar-refractivity contribution >= 4 is 5.97 Å². The molecule has 0 aliphatic heterocycles. The molecule has 0 aliphatic rings. The quantitative estimate of drug-likeness (QED) is 0.0778. The predicted octanol–water partition coefficient (Wildman–Crippen LogP) is 6.08. The molecule has 0 heterocycles. The van der Waals surface area contributed by atoms with Gasteiger partial charge in [0.05, 0.1) is 7.11 Å². The van der Waals surface area contributed by atoms with E-state index in [1.807, 2.05) is 6.08 Å². The summed E-state index contributed by atoms with van der Waals surface area (Å²) >= 11 is 0. The van der Waals surface area contributed by atoms with E-state index in [0.717, 1.165) is 6.42 Å². The molecule has 0 aromatic rings. The van der Waals surface area contributed by atoms with Crippen LogP contribution in [0.15, 0.2) is 12.2 Å². The molecule has 0 spiro atoms. The summed E-state index contributed by atoms with van der Waals surface area (Å²) in [5.41, 5.74) is 0. The van der Waals surface area contributed by atoms with Crippen molar-refractivity contribution in [2.75, 3.05) is 7.11 Å². The molecule has 0 fully saturated rings. The van der Waals surface area contributed by atoms with E-state index in [2.05, 4.69) is 31.6 Å². The van der Waals surface area contributed by atoms with Crippen molar-refractivity contribution in [2.45, 2.75) is 96.8 Å². The van der Waals surface area contributed by atoms with E-state index in [9.17, 15) is 4.79 Å². The van der Waals surface area contributed by atoms with Gasteiger partial charge in [0.2, 0.25) is 0 Å². The summed E-state index contributed by atoms with van der Waals surface area (Å²) in [6, 6.07) is 0. The third-order valence-corrected chi connectivity index (χ3v) is 3.93. The molecule has 5 nitrogen and oxygen atoms in total. The molecule has 0 rings (SSSR count). The van der Waals surface area contributed by atoms with Crippen LogP contribution in [-0.2, 0) is 40.6 Å². The normalized spacial score (nSPS) is 8.57. The van der Waals surface area contributed by atoms with Gasteiger partial charge in [0.25, 0.3) is 0 Å². The van der Waals surface area contributed by atoms with Gasteiger partial charge in [-0.25, -0.2) is 4.79 Å². The minimum absolute atomic E-state index is 0. The van der Waals surface area contributed by atoms with Gasteiger partial charge in [-0.1, -0.05) is 90.0 Å². The van der Waals surface area contributed by atoms with E-state index in [-0.39, 0.29) is 23.0 Å². The van der Waals surface area contributed by atoms with Gasteiger partial charge < -0.3 is 4.74 Å². The van der Waals surface area contributed by atoms with Gasteiger partial charge >= 0.3 is 39.9 Å². The molecule has 0 radical (unpaired) electrons. The van der Waals surface area contributed by atoms with Crippen LogP contribution in [0.2, 0.25) is 0 Å². The molecule has 0 bridgehead atoms. The number of carbonyl (C=O) groups is 1. The maximum absolute atomic E-state index is 10.8. The Bertz CT molecular complexity index is 347. The Morgan fingerprint density at radius 1 is 0.714 bits per heavy atom. The molecule has 0 aliphatic carbocycles. The van der Waals surface area contributed by atoms with Crippen molar-refractivity contribution in [3.05, 3.63) is 32.1 Å². The number of unbranched alkanes of at least 4 members (excludes halogenated alkanes) is 13. The first-order valence-electron chi connectivity index (χ1n) is 9.67. The van der Waals surface area contributed by atoms with Crippen LogP contribution in [0.3, 0.4) is 0 Å². The van der Waals surface area contributed by atoms with Crippen LogP contribution in [0.5, 0.6) is 0 Å². The third kappa shape index (κ3) is 44.4. The standard InChI is InChI=1S/C19H36O2.3CO.Fe/c1-3-4-5-6-7-8-9-10-11-12-13-14-15-16-17-18-19(20)21-2;3*1-2;/h17-18H,3-16H2,1-2H3;;;;/b18-17+;;;;. The van der Waals surface area contributed by atoms with Crippen molar-refractivity contribution in [1.29, 1.82) is 0 Å². The van der Waals surface area contributed by atoms with Crippen molar-refractivity contribution in [3.8, 4) is 0 Å². The summed E-state index contributed by atoms with van der Waals surface area (Å²) in [5.74, 6) is -0.246. The number of carbonyl (C=O) groups excluding carboxylic acids is 1. The fraction of sp³-hybridized carbons (Fsp3) is 0.727. The van der Waals surface area contributed by atoms with Gasteiger partial charge in [-0.15, -0.1) is 0 Å². The molecule has 0 N–H and O–H groups in total. The molecule has 0 unspecified atom stereocenters. The Morgan fingerprint density at radius 2 is 1.04 bits per heavy atom. The van der Waals surface area contributed by atoms with Crippen LogP contribution in [0.4, 0.5) is 0 Å². The predicted molar refractivity (Wildman–Crippen MR) is 103 cm³/mol. The smallest absolute Gasteiger partial charge is 0 e. The molecule has 0 saturated carbocycles. The fourth-order valence-electron chi connectivity index (χ4n) is 2.53. The van der Waals surface area contributed by atoms with E-state index in [4.69, 9.17) is 14.0 Å². The van der Waals surface area contributed by atoms with Crippen LogP contribution in [0, 0.1) is 20.0 Å². The second-order valence-corrected chi connectivity index (χ2v) is 5.96. The average molecular weight is 436 g/mol. The Morgan fingerprint density at radius 3 is 1.36 bits per heavy atom. The SMILES string of the molecule is CCCCCCCCCCCCCCC/C=C/C(=O)OC.[C-]#[O+].[C-]#[O+].[C-]#[O+].[Fe]. The zero-order valence-corrected chi connectivity index (χ0v) is 18.6. The van der Waals surface area contributed by atoms with Gasteiger partial charge in [-0.05, 0) is 12.8 Å². The molecule has 0 saturated heterocycles. The fourth-order valence-corrected chi connectivity index (χ4v) is 2.53. The summed E-state index contributed by atoms with van der Waals surface area (Å²) in [6.07, 6.45) is 22.3. The molecule has 0 amide bonds. The zero-order chi connectivity index (χ0) is 21.6. The molecule has 28 heavy (non-hydrogen) atoms. The second-order valence-electron chi connectivity index (χ2n) is 5.96. The Labute approximate surface area is 182 Å². The topological polar surface area (TPSA) is 86.0 Å². The first-order valence-corrected chi connectivity index (χ1v) is 9.67. The van der Waals surface area contributed by atoms with Gasteiger partial charge in [0.1, 0.15) is 0 Å². The number of esters is 1. The van der Waals surface area contributed by atoms with E-state index >= 15 is 0 Å². The summed E-state index contributed by atoms with van der Waals surface area (Å²) in [5, 5.41) is 0. The van der Waals surface area contributed by atoms with Gasteiger partial charge in [0.15, 0.2) is 0 Å². The molecule has 0 aromatic carbocycles. The van der Waals surface area contributed by atoms with E-state index < -0.39 is 0 Å². The molecule has 0 atom stereocenters. The Kier molecular flexibility index (Phi) is 60.5.